The summed E-state index contributed by atoms with van der Waals surface area (Å²) in [5.74, 6) is 0.428. The molecule has 0 saturated heterocycles. The molecule has 1 saturated carbocycles. The van der Waals surface area contributed by atoms with Crippen LogP contribution in [0.3, 0.4) is 0 Å². The van der Waals surface area contributed by atoms with Gasteiger partial charge in [-0.1, -0.05) is 19.8 Å². The lowest BCUT2D eigenvalue weighted by molar-refractivity contribution is -0.123. The number of alkyl halides is 3. The van der Waals surface area contributed by atoms with Crippen LogP contribution >= 0.6 is 0 Å². The highest BCUT2D eigenvalue weighted by molar-refractivity contribution is 5.75. The van der Waals surface area contributed by atoms with Crippen molar-refractivity contribution in [2.75, 3.05) is 19.6 Å². The smallest absolute Gasteiger partial charge is 0.329 e. The van der Waals surface area contributed by atoms with Gasteiger partial charge in [-0.3, -0.25) is 0 Å². The number of nitrogens with two attached hydrogens (primary N) is 1. The number of rotatable bonds is 4. The fraction of sp³-hybridized carbons (Fsp3) is 0.923. The lowest BCUT2D eigenvalue weighted by Crippen LogP contribution is -2.61. The van der Waals surface area contributed by atoms with Crippen LogP contribution < -0.4 is 11.1 Å². The number of hydrogen-bond acceptors (Lipinski definition) is 2. The number of likely N-dealkylation sites (N-methyl/N-ethyl adjacent to an activating group) is 1. The van der Waals surface area contributed by atoms with Crippen LogP contribution in [0.2, 0.25) is 0 Å². The molecule has 0 aliphatic heterocycles. The van der Waals surface area contributed by atoms with Crippen LogP contribution in [0.25, 0.3) is 0 Å². The summed E-state index contributed by atoms with van der Waals surface area (Å²) in [5, 5.41) is 1.95. The third-order valence-corrected chi connectivity index (χ3v) is 4.02. The molecule has 0 aromatic rings. The number of hydrogen-bond donors (Lipinski definition) is 2. The van der Waals surface area contributed by atoms with E-state index >= 15 is 0 Å². The molecule has 7 heteroatoms. The van der Waals surface area contributed by atoms with Gasteiger partial charge in [-0.15, -0.1) is 0 Å². The van der Waals surface area contributed by atoms with Gasteiger partial charge in [-0.25, -0.2) is 4.79 Å². The third-order valence-electron chi connectivity index (χ3n) is 4.02. The van der Waals surface area contributed by atoms with Crippen molar-refractivity contribution in [3.05, 3.63) is 0 Å². The minimum atomic E-state index is -4.40. The second kappa shape index (κ2) is 6.65. The lowest BCUT2D eigenvalue weighted by Gasteiger charge is -2.47. The molecule has 1 aliphatic rings. The normalized spacial score (nSPS) is 27.2. The number of nitrogens with one attached hydrogen (secondary N) is 1. The van der Waals surface area contributed by atoms with Gasteiger partial charge in [-0.2, -0.15) is 13.2 Å². The Morgan fingerprint density at radius 3 is 2.60 bits per heavy atom. The van der Waals surface area contributed by atoms with Crippen molar-refractivity contribution in [3.8, 4) is 0 Å². The molecule has 2 amide bonds. The molecule has 2 unspecified atom stereocenters. The first-order valence-electron chi connectivity index (χ1n) is 7.06. The Morgan fingerprint density at radius 2 is 2.15 bits per heavy atom. The summed E-state index contributed by atoms with van der Waals surface area (Å²) in [6.07, 6.45) is -0.881. The predicted molar refractivity (Wildman–Crippen MR) is 71.3 cm³/mol. The second-order valence-electron chi connectivity index (χ2n) is 5.65. The molecule has 4 nitrogen and oxygen atoms in total. The third kappa shape index (κ3) is 4.26. The number of halogens is 3. The summed E-state index contributed by atoms with van der Waals surface area (Å²) in [6.45, 7) is 3.19. The fourth-order valence-corrected chi connectivity index (χ4v) is 3.14. The molecule has 1 aliphatic carbocycles. The van der Waals surface area contributed by atoms with Gasteiger partial charge in [-0.05, 0) is 25.7 Å². The van der Waals surface area contributed by atoms with Crippen LogP contribution in [-0.4, -0.2) is 42.3 Å². The monoisotopic (exact) mass is 295 g/mol. The maximum Gasteiger partial charge on any atom is 0.405 e. The first-order chi connectivity index (χ1) is 9.24. The van der Waals surface area contributed by atoms with Crippen LogP contribution in [-0.2, 0) is 0 Å². The molecule has 118 valence electrons. The number of urea groups is 1. The van der Waals surface area contributed by atoms with E-state index in [0.717, 1.165) is 25.7 Å². The van der Waals surface area contributed by atoms with Crippen molar-refractivity contribution in [1.29, 1.82) is 0 Å². The van der Waals surface area contributed by atoms with Crippen molar-refractivity contribution >= 4 is 6.03 Å². The molecule has 0 spiro atoms. The van der Waals surface area contributed by atoms with E-state index < -0.39 is 24.3 Å². The van der Waals surface area contributed by atoms with Crippen LogP contribution in [0.1, 0.15) is 39.5 Å². The van der Waals surface area contributed by atoms with Crippen molar-refractivity contribution < 1.29 is 18.0 Å². The first kappa shape index (κ1) is 17.1. The average Bonchev–Trinajstić information content (AvgIpc) is 2.36. The zero-order valence-electron chi connectivity index (χ0n) is 12.1. The molecule has 3 N–H and O–H groups in total. The van der Waals surface area contributed by atoms with Gasteiger partial charge >= 0.3 is 12.2 Å². The summed E-state index contributed by atoms with van der Waals surface area (Å²) >= 11 is 0. The van der Waals surface area contributed by atoms with Crippen LogP contribution in [0.4, 0.5) is 18.0 Å². The molecule has 2 atom stereocenters. The number of nitrogens with zero attached hydrogens (tertiary/aromatic N) is 1. The quantitative estimate of drug-likeness (QED) is 0.837. The van der Waals surface area contributed by atoms with Gasteiger partial charge in [0.1, 0.15) is 6.54 Å². The first-order valence-corrected chi connectivity index (χ1v) is 7.06. The van der Waals surface area contributed by atoms with E-state index in [0.29, 0.717) is 12.5 Å². The summed E-state index contributed by atoms with van der Waals surface area (Å²) < 4.78 is 36.6. The van der Waals surface area contributed by atoms with Crippen molar-refractivity contribution in [3.63, 3.8) is 0 Å². The summed E-state index contributed by atoms with van der Waals surface area (Å²) in [4.78, 5) is 13.5. The second-order valence-corrected chi connectivity index (χ2v) is 5.65. The number of carbonyl (C=O) groups excluding carboxylic acids is 1. The largest absolute Gasteiger partial charge is 0.405 e. The standard InChI is InChI=1S/C13H24F3N3O/c1-3-19(11(20)18-9-13(14,15)16)12(8-17)6-4-5-10(2)7-12/h10H,3-9,17H2,1-2H3,(H,18,20). The number of amides is 2. The van der Waals surface area contributed by atoms with Gasteiger partial charge in [0.05, 0.1) is 5.54 Å². The lowest BCUT2D eigenvalue weighted by atomic mass is 9.75. The molecule has 0 radical (unpaired) electrons. The van der Waals surface area contributed by atoms with Crippen molar-refractivity contribution in [2.24, 2.45) is 11.7 Å². The highest BCUT2D eigenvalue weighted by atomic mass is 19.4. The summed E-state index contributed by atoms with van der Waals surface area (Å²) in [7, 11) is 0. The highest BCUT2D eigenvalue weighted by Gasteiger charge is 2.41. The molecular weight excluding hydrogens is 271 g/mol. The Balaban J connectivity index is 2.78. The van der Waals surface area contributed by atoms with Crippen molar-refractivity contribution in [2.45, 2.75) is 51.2 Å². The van der Waals surface area contributed by atoms with E-state index in [1.807, 2.05) is 5.32 Å². The number of carbonyl (C=O) groups is 1. The van der Waals surface area contributed by atoms with Gasteiger partial charge in [0.15, 0.2) is 0 Å². The van der Waals surface area contributed by atoms with Crippen LogP contribution in [0.5, 0.6) is 0 Å². The maximum absolute atomic E-state index is 12.2. The van der Waals surface area contributed by atoms with Gasteiger partial charge in [0.25, 0.3) is 0 Å². The Labute approximate surface area is 117 Å². The minimum Gasteiger partial charge on any atom is -0.329 e. The SMILES string of the molecule is CCN(C(=O)NCC(F)(F)F)C1(CN)CCCC(C)C1. The predicted octanol–water partition coefficient (Wildman–Crippen LogP) is 2.49. The Kier molecular flexibility index (Phi) is 5.68. The van der Waals surface area contributed by atoms with E-state index in [-0.39, 0.29) is 6.54 Å². The van der Waals surface area contributed by atoms with E-state index in [2.05, 4.69) is 6.92 Å². The van der Waals surface area contributed by atoms with E-state index in [1.54, 1.807) is 6.92 Å². The zero-order chi connectivity index (χ0) is 15.4. The molecule has 1 fully saturated rings. The van der Waals surface area contributed by atoms with Gasteiger partial charge in [0.2, 0.25) is 0 Å². The van der Waals surface area contributed by atoms with Gasteiger partial charge in [0, 0.05) is 13.1 Å². The highest BCUT2D eigenvalue weighted by Crippen LogP contribution is 2.36. The Bertz CT molecular complexity index is 335. The molecule has 0 bridgehead atoms. The molecule has 1 rings (SSSR count). The van der Waals surface area contributed by atoms with Crippen LogP contribution in [0.15, 0.2) is 0 Å². The topological polar surface area (TPSA) is 58.4 Å². The van der Waals surface area contributed by atoms with E-state index in [1.165, 1.54) is 4.90 Å². The van der Waals surface area contributed by atoms with Gasteiger partial charge < -0.3 is 16.0 Å². The maximum atomic E-state index is 12.2. The Hall–Kier alpha value is -0.980. The fourth-order valence-electron chi connectivity index (χ4n) is 3.14. The molecule has 20 heavy (non-hydrogen) atoms. The van der Waals surface area contributed by atoms with E-state index in [9.17, 15) is 18.0 Å². The minimum absolute atomic E-state index is 0.282. The molecule has 0 heterocycles. The molecule has 0 aromatic heterocycles. The van der Waals surface area contributed by atoms with Crippen molar-refractivity contribution in [1.82, 2.24) is 10.2 Å². The Morgan fingerprint density at radius 1 is 1.50 bits per heavy atom. The summed E-state index contributed by atoms with van der Waals surface area (Å²) in [6, 6.07) is -0.677. The molecular formula is C13H24F3N3O. The summed E-state index contributed by atoms with van der Waals surface area (Å²) in [5.41, 5.74) is 5.34. The van der Waals surface area contributed by atoms with Crippen LogP contribution in [0, 0.1) is 5.92 Å². The average molecular weight is 295 g/mol. The molecule has 0 aromatic carbocycles. The van der Waals surface area contributed by atoms with E-state index in [4.69, 9.17) is 5.73 Å². The zero-order valence-corrected chi connectivity index (χ0v) is 12.1.